The van der Waals surface area contributed by atoms with Crippen molar-refractivity contribution in [2.24, 2.45) is 7.05 Å². The number of aromatic nitrogens is 2. The second kappa shape index (κ2) is 16.1. The molecule has 0 saturated heterocycles. The van der Waals surface area contributed by atoms with Gasteiger partial charge >= 0.3 is 5.97 Å². The molecule has 1 rings (SSSR count). The number of unbranched alkanes of at least 4 members (excludes halogenated alkanes) is 6. The zero-order valence-electron chi connectivity index (χ0n) is 17.9. The summed E-state index contributed by atoms with van der Waals surface area (Å²) in [6, 6.07) is 0. The van der Waals surface area contributed by atoms with Crippen LogP contribution in [0.15, 0.2) is 31.4 Å². The molecule has 0 N–H and O–H groups in total. The number of esters is 1. The molecule has 1 aromatic rings. The third-order valence-electron chi connectivity index (χ3n) is 4.08. The summed E-state index contributed by atoms with van der Waals surface area (Å²) in [5.41, 5.74) is 0. The molecule has 0 amide bonds. The Balaban J connectivity index is 0.000000956. The van der Waals surface area contributed by atoms with E-state index < -0.39 is 10.4 Å². The van der Waals surface area contributed by atoms with Crippen LogP contribution in [0, 0.1) is 0 Å². The van der Waals surface area contributed by atoms with E-state index >= 15 is 0 Å². The van der Waals surface area contributed by atoms with Gasteiger partial charge in [0, 0.05) is 6.08 Å². The number of nitrogens with zero attached hydrogens (tertiary/aromatic N) is 2. The molecule has 1 unspecified atom stereocenters. The second-order valence-electron chi connectivity index (χ2n) is 6.76. The molecular weight excluding hydrogens is 396 g/mol. The number of hydrogen-bond donors (Lipinski definition) is 0. The van der Waals surface area contributed by atoms with Gasteiger partial charge in [0.05, 0.1) is 13.7 Å². The molecule has 29 heavy (non-hydrogen) atoms. The van der Waals surface area contributed by atoms with Crippen LogP contribution in [-0.2, 0) is 37.7 Å². The maximum absolute atomic E-state index is 11.5. The fourth-order valence-electron chi connectivity index (χ4n) is 2.72. The molecule has 0 fully saturated rings. The maximum atomic E-state index is 11.5. The molecule has 0 aromatic carbocycles. The first-order valence-corrected chi connectivity index (χ1v) is 11.5. The van der Waals surface area contributed by atoms with E-state index in [2.05, 4.69) is 22.3 Å². The Kier molecular flexibility index (Phi) is 15.2. The van der Waals surface area contributed by atoms with Gasteiger partial charge < -0.3 is 9.29 Å². The van der Waals surface area contributed by atoms with Crippen LogP contribution in [0.5, 0.6) is 0 Å². The lowest BCUT2D eigenvalue weighted by Gasteiger charge is -2.15. The Morgan fingerprint density at radius 2 is 1.83 bits per heavy atom. The Morgan fingerprint density at radius 1 is 1.21 bits per heavy atom. The molecule has 9 heteroatoms. The van der Waals surface area contributed by atoms with Crippen LogP contribution in [-0.4, -0.2) is 36.2 Å². The van der Waals surface area contributed by atoms with Crippen molar-refractivity contribution in [2.75, 3.05) is 6.61 Å². The van der Waals surface area contributed by atoms with Gasteiger partial charge in [-0.25, -0.2) is 22.3 Å². The fraction of sp³-hybridized carbons (Fsp3) is 0.700. The van der Waals surface area contributed by atoms with Gasteiger partial charge in [0.15, 0.2) is 0 Å². The summed E-state index contributed by atoms with van der Waals surface area (Å²) in [7, 11) is -2.44. The van der Waals surface area contributed by atoms with Crippen LogP contribution in [0.3, 0.4) is 0 Å². The quantitative estimate of drug-likeness (QED) is 0.112. The lowest BCUT2D eigenvalue weighted by Crippen LogP contribution is -2.39. The summed E-state index contributed by atoms with van der Waals surface area (Å²) in [5.74, 6) is -0.329. The van der Waals surface area contributed by atoms with E-state index in [-0.39, 0.29) is 18.7 Å². The van der Waals surface area contributed by atoms with E-state index in [1.165, 1.54) is 51.5 Å². The largest absolute Gasteiger partial charge is 0.726 e. The van der Waals surface area contributed by atoms with Gasteiger partial charge in [-0.3, -0.25) is 4.18 Å². The van der Waals surface area contributed by atoms with Gasteiger partial charge in [0.2, 0.25) is 16.7 Å². The van der Waals surface area contributed by atoms with Gasteiger partial charge in [-0.05, 0) is 19.8 Å². The van der Waals surface area contributed by atoms with Crippen LogP contribution in [0.25, 0.3) is 0 Å². The summed E-state index contributed by atoms with van der Waals surface area (Å²) in [6.45, 7) is 7.75. The summed E-state index contributed by atoms with van der Waals surface area (Å²) in [6.07, 6.45) is 16.9. The molecule has 0 radical (unpaired) electrons. The predicted molar refractivity (Wildman–Crippen MR) is 110 cm³/mol. The van der Waals surface area contributed by atoms with Crippen molar-refractivity contribution < 1.29 is 31.3 Å². The molecule has 0 saturated carbocycles. The van der Waals surface area contributed by atoms with Crippen LogP contribution < -0.4 is 4.57 Å². The molecule has 0 aliphatic carbocycles. The lowest BCUT2D eigenvalue weighted by atomic mass is 10.1. The minimum absolute atomic E-state index is 0.0754. The number of imidazole rings is 1. The minimum atomic E-state index is -4.42. The number of carbonyl (C=O) groups is 1. The van der Waals surface area contributed by atoms with E-state index in [9.17, 15) is 17.8 Å². The standard InChI is InChI=1S/C18H31N2O2.C2H6O4S/c1-4-6-7-8-9-10-11-12-17(22-18(21)5-2)15-20-14-13-19(3)16-20;1-2-6-7(3,4)5/h5,13-14,16-17H,2,4,6-12,15H2,1,3H3;2H2,1H3,(H,3,4,5)/q+1;/p-1. The van der Waals surface area contributed by atoms with Gasteiger partial charge in [0.25, 0.3) is 0 Å². The van der Waals surface area contributed by atoms with Gasteiger partial charge in [0.1, 0.15) is 25.0 Å². The number of rotatable bonds is 14. The molecule has 0 spiro atoms. The van der Waals surface area contributed by atoms with Gasteiger partial charge in [-0.15, -0.1) is 0 Å². The molecule has 0 bridgehead atoms. The van der Waals surface area contributed by atoms with Crippen molar-refractivity contribution in [2.45, 2.75) is 77.9 Å². The molecular formula is C20H36N2O6S. The average Bonchev–Trinajstić information content (AvgIpc) is 3.05. The Morgan fingerprint density at radius 3 is 2.28 bits per heavy atom. The number of aryl methyl sites for hydroxylation is 1. The van der Waals surface area contributed by atoms with Crippen molar-refractivity contribution in [3.8, 4) is 0 Å². The smallest absolute Gasteiger partial charge is 0.330 e. The van der Waals surface area contributed by atoms with Gasteiger partial charge in [-0.2, -0.15) is 0 Å². The van der Waals surface area contributed by atoms with Crippen molar-refractivity contribution in [3.63, 3.8) is 0 Å². The van der Waals surface area contributed by atoms with E-state index in [0.29, 0.717) is 6.54 Å². The monoisotopic (exact) mass is 432 g/mol. The molecule has 0 aliphatic heterocycles. The summed E-state index contributed by atoms with van der Waals surface area (Å²) < 4.78 is 41.5. The second-order valence-corrected chi connectivity index (χ2v) is 7.82. The van der Waals surface area contributed by atoms with Crippen LogP contribution in [0.4, 0.5) is 0 Å². The SMILES string of the molecule is C=CC(=O)OC(CCCCCCCCC)C[n+]1ccn(C)c1.CCOS(=O)(=O)[O-]. The third-order valence-corrected chi connectivity index (χ3v) is 4.60. The Hall–Kier alpha value is -1.71. The van der Waals surface area contributed by atoms with E-state index in [1.807, 2.05) is 30.3 Å². The normalized spacial score (nSPS) is 12.0. The highest BCUT2D eigenvalue weighted by Gasteiger charge is 2.16. The van der Waals surface area contributed by atoms with Gasteiger partial charge in [-0.1, -0.05) is 52.0 Å². The maximum Gasteiger partial charge on any atom is 0.330 e. The van der Waals surface area contributed by atoms with E-state index in [4.69, 9.17) is 4.74 Å². The Labute approximate surface area is 175 Å². The highest BCUT2D eigenvalue weighted by molar-refractivity contribution is 7.80. The number of carbonyl (C=O) groups excluding carboxylic acids is 1. The van der Waals surface area contributed by atoms with E-state index in [1.54, 1.807) is 0 Å². The molecule has 1 aromatic heterocycles. The van der Waals surface area contributed by atoms with Crippen molar-refractivity contribution in [1.29, 1.82) is 0 Å². The summed E-state index contributed by atoms with van der Waals surface area (Å²) >= 11 is 0. The molecule has 8 nitrogen and oxygen atoms in total. The minimum Gasteiger partial charge on any atom is -0.726 e. The highest BCUT2D eigenvalue weighted by atomic mass is 32.3. The number of hydrogen-bond acceptors (Lipinski definition) is 6. The highest BCUT2D eigenvalue weighted by Crippen LogP contribution is 2.12. The third kappa shape index (κ3) is 16.9. The first kappa shape index (κ1) is 27.3. The van der Waals surface area contributed by atoms with Crippen LogP contribution >= 0.6 is 0 Å². The van der Waals surface area contributed by atoms with Crippen molar-refractivity contribution in [1.82, 2.24) is 4.57 Å². The van der Waals surface area contributed by atoms with Crippen LogP contribution in [0.1, 0.15) is 65.2 Å². The average molecular weight is 433 g/mol. The topological polar surface area (TPSA) is 102 Å². The molecule has 0 aliphatic rings. The molecule has 168 valence electrons. The van der Waals surface area contributed by atoms with Crippen LogP contribution in [0.2, 0.25) is 0 Å². The molecule has 1 atom stereocenters. The van der Waals surface area contributed by atoms with E-state index in [0.717, 1.165) is 12.8 Å². The zero-order valence-corrected chi connectivity index (χ0v) is 18.7. The summed E-state index contributed by atoms with van der Waals surface area (Å²) in [4.78, 5) is 11.5. The first-order valence-electron chi connectivity index (χ1n) is 10.2. The zero-order chi connectivity index (χ0) is 22.1. The Bertz CT molecular complexity index is 672. The number of ether oxygens (including phenoxy) is 1. The van der Waals surface area contributed by atoms with Crippen molar-refractivity contribution in [3.05, 3.63) is 31.4 Å². The predicted octanol–water partition coefficient (Wildman–Crippen LogP) is 3.03. The molecule has 1 heterocycles. The lowest BCUT2D eigenvalue weighted by molar-refractivity contribution is -0.702. The van der Waals surface area contributed by atoms with Crippen molar-refractivity contribution >= 4 is 16.4 Å². The fourth-order valence-corrected chi connectivity index (χ4v) is 3.01. The summed E-state index contributed by atoms with van der Waals surface area (Å²) in [5, 5.41) is 0. The first-order chi connectivity index (χ1) is 13.7.